The molecule has 0 aliphatic carbocycles. The van der Waals surface area contributed by atoms with E-state index in [1.807, 2.05) is 13.8 Å². The van der Waals surface area contributed by atoms with Crippen LogP contribution in [0.4, 0.5) is 4.79 Å². The first kappa shape index (κ1) is 17.7. The molecule has 0 saturated carbocycles. The molecule has 1 unspecified atom stereocenters. The highest BCUT2D eigenvalue weighted by Crippen LogP contribution is 2.20. The predicted molar refractivity (Wildman–Crippen MR) is 76.1 cm³/mol. The first-order valence-electron chi connectivity index (χ1n) is 7.16. The summed E-state index contributed by atoms with van der Waals surface area (Å²) < 4.78 is 0. The van der Waals surface area contributed by atoms with Crippen LogP contribution >= 0.6 is 0 Å². The number of urea groups is 1. The molecule has 0 saturated heterocycles. The van der Waals surface area contributed by atoms with Crippen LogP contribution in [0, 0.1) is 11.8 Å². The SMILES string of the molecule is CCN(CC)C(=O)NCCC(CCC(=O)O)C(C)C. The van der Waals surface area contributed by atoms with Gasteiger partial charge in [-0.05, 0) is 38.5 Å². The molecule has 5 heteroatoms. The highest BCUT2D eigenvalue weighted by molar-refractivity contribution is 5.74. The number of hydrogen-bond acceptors (Lipinski definition) is 2. The van der Waals surface area contributed by atoms with Crippen molar-refractivity contribution in [1.29, 1.82) is 0 Å². The Balaban J connectivity index is 4.05. The molecule has 112 valence electrons. The first-order valence-corrected chi connectivity index (χ1v) is 7.16. The number of aliphatic carboxylic acids is 1. The number of hydrogen-bond donors (Lipinski definition) is 2. The van der Waals surface area contributed by atoms with E-state index in [4.69, 9.17) is 5.11 Å². The van der Waals surface area contributed by atoms with Gasteiger partial charge >= 0.3 is 12.0 Å². The zero-order valence-corrected chi connectivity index (χ0v) is 12.6. The van der Waals surface area contributed by atoms with Gasteiger partial charge in [0.25, 0.3) is 0 Å². The minimum atomic E-state index is -0.752. The Morgan fingerprint density at radius 1 is 1.16 bits per heavy atom. The van der Waals surface area contributed by atoms with Crippen LogP contribution in [0.2, 0.25) is 0 Å². The smallest absolute Gasteiger partial charge is 0.317 e. The van der Waals surface area contributed by atoms with Gasteiger partial charge in [0, 0.05) is 26.1 Å². The fraction of sp³-hybridized carbons (Fsp3) is 0.857. The molecule has 0 radical (unpaired) electrons. The number of carboxylic acid groups (broad SMARTS) is 1. The molecule has 1 atom stereocenters. The topological polar surface area (TPSA) is 69.6 Å². The minimum absolute atomic E-state index is 0.0364. The minimum Gasteiger partial charge on any atom is -0.481 e. The molecule has 0 heterocycles. The number of nitrogens with zero attached hydrogens (tertiary/aromatic N) is 1. The average Bonchev–Trinajstić information content (AvgIpc) is 2.34. The quantitative estimate of drug-likeness (QED) is 0.677. The van der Waals surface area contributed by atoms with E-state index in [1.165, 1.54) is 0 Å². The van der Waals surface area contributed by atoms with Crippen LogP contribution in [0.15, 0.2) is 0 Å². The highest BCUT2D eigenvalue weighted by atomic mass is 16.4. The lowest BCUT2D eigenvalue weighted by molar-refractivity contribution is -0.137. The molecule has 0 spiro atoms. The van der Waals surface area contributed by atoms with Gasteiger partial charge in [0.05, 0.1) is 0 Å². The molecule has 0 aromatic heterocycles. The summed E-state index contributed by atoms with van der Waals surface area (Å²) in [6, 6.07) is -0.0364. The summed E-state index contributed by atoms with van der Waals surface area (Å²) in [6.45, 7) is 10.1. The monoisotopic (exact) mass is 272 g/mol. The summed E-state index contributed by atoms with van der Waals surface area (Å²) in [7, 11) is 0. The maximum atomic E-state index is 11.7. The molecular formula is C14H28N2O3. The van der Waals surface area contributed by atoms with Crippen molar-refractivity contribution in [3.63, 3.8) is 0 Å². The van der Waals surface area contributed by atoms with Crippen molar-refractivity contribution < 1.29 is 14.7 Å². The van der Waals surface area contributed by atoms with Gasteiger partial charge in [0.1, 0.15) is 0 Å². The molecule has 0 bridgehead atoms. The number of carbonyl (C=O) groups is 2. The standard InChI is InChI=1S/C14H28N2O3/c1-5-16(6-2)14(19)15-10-9-12(11(3)4)7-8-13(17)18/h11-12H,5-10H2,1-4H3,(H,15,19)(H,17,18). The summed E-state index contributed by atoms with van der Waals surface area (Å²) in [5.41, 5.74) is 0. The largest absolute Gasteiger partial charge is 0.481 e. The fourth-order valence-electron chi connectivity index (χ4n) is 2.11. The van der Waals surface area contributed by atoms with E-state index in [1.54, 1.807) is 4.90 Å². The molecule has 0 aromatic rings. The lowest BCUT2D eigenvalue weighted by Crippen LogP contribution is -2.40. The summed E-state index contributed by atoms with van der Waals surface area (Å²) in [5.74, 6) is 0.0237. The fourth-order valence-corrected chi connectivity index (χ4v) is 2.11. The highest BCUT2D eigenvalue weighted by Gasteiger charge is 2.16. The van der Waals surface area contributed by atoms with Crippen molar-refractivity contribution in [2.45, 2.75) is 47.0 Å². The van der Waals surface area contributed by atoms with Crippen LogP contribution in [0.3, 0.4) is 0 Å². The third-order valence-electron chi connectivity index (χ3n) is 3.51. The molecule has 2 amide bonds. The van der Waals surface area contributed by atoms with E-state index >= 15 is 0 Å². The van der Waals surface area contributed by atoms with Gasteiger partial charge in [-0.15, -0.1) is 0 Å². The van der Waals surface area contributed by atoms with Crippen molar-refractivity contribution in [3.8, 4) is 0 Å². The van der Waals surface area contributed by atoms with Gasteiger partial charge in [-0.1, -0.05) is 13.8 Å². The van der Waals surface area contributed by atoms with Gasteiger partial charge in [0.15, 0.2) is 0 Å². The number of amides is 2. The van der Waals surface area contributed by atoms with E-state index < -0.39 is 5.97 Å². The molecule has 5 nitrogen and oxygen atoms in total. The summed E-state index contributed by atoms with van der Waals surface area (Å²) in [6.07, 6.45) is 1.71. The van der Waals surface area contributed by atoms with Crippen LogP contribution in [0.25, 0.3) is 0 Å². The number of rotatable bonds is 9. The van der Waals surface area contributed by atoms with Crippen LogP contribution in [0.1, 0.15) is 47.0 Å². The average molecular weight is 272 g/mol. The van der Waals surface area contributed by atoms with Crippen LogP contribution < -0.4 is 5.32 Å². The zero-order valence-electron chi connectivity index (χ0n) is 12.6. The van der Waals surface area contributed by atoms with Gasteiger partial charge in [-0.25, -0.2) is 4.79 Å². The summed E-state index contributed by atoms with van der Waals surface area (Å²) >= 11 is 0. The predicted octanol–water partition coefficient (Wildman–Crippen LogP) is 2.56. The molecule has 0 aliphatic heterocycles. The Kier molecular flexibility index (Phi) is 9.00. The van der Waals surface area contributed by atoms with Gasteiger partial charge < -0.3 is 15.3 Å². The number of carbonyl (C=O) groups excluding carboxylic acids is 1. The van der Waals surface area contributed by atoms with Crippen molar-refractivity contribution in [1.82, 2.24) is 10.2 Å². The van der Waals surface area contributed by atoms with Crippen molar-refractivity contribution >= 4 is 12.0 Å². The van der Waals surface area contributed by atoms with E-state index in [0.29, 0.717) is 37.9 Å². The van der Waals surface area contributed by atoms with E-state index in [0.717, 1.165) is 6.42 Å². The second kappa shape index (κ2) is 9.64. The van der Waals surface area contributed by atoms with Crippen LogP contribution in [0.5, 0.6) is 0 Å². The lowest BCUT2D eigenvalue weighted by Gasteiger charge is -2.22. The Labute approximate surface area is 116 Å². The molecule has 19 heavy (non-hydrogen) atoms. The third-order valence-corrected chi connectivity index (χ3v) is 3.51. The summed E-state index contributed by atoms with van der Waals surface area (Å²) in [4.78, 5) is 24.1. The lowest BCUT2D eigenvalue weighted by atomic mass is 9.88. The third kappa shape index (κ3) is 7.70. The van der Waals surface area contributed by atoms with Gasteiger partial charge in [0.2, 0.25) is 0 Å². The van der Waals surface area contributed by atoms with E-state index in [-0.39, 0.29) is 12.5 Å². The molecular weight excluding hydrogens is 244 g/mol. The maximum Gasteiger partial charge on any atom is 0.317 e. The van der Waals surface area contributed by atoms with Gasteiger partial charge in [-0.3, -0.25) is 4.79 Å². The second-order valence-corrected chi connectivity index (χ2v) is 5.13. The van der Waals surface area contributed by atoms with Crippen LogP contribution in [-0.4, -0.2) is 41.6 Å². The molecule has 0 aromatic carbocycles. The van der Waals surface area contributed by atoms with Gasteiger partial charge in [-0.2, -0.15) is 0 Å². The zero-order chi connectivity index (χ0) is 14.8. The molecule has 0 rings (SSSR count). The summed E-state index contributed by atoms with van der Waals surface area (Å²) in [5, 5.41) is 11.6. The first-order chi connectivity index (χ1) is 8.92. The molecule has 0 fully saturated rings. The number of nitrogens with one attached hydrogen (secondary N) is 1. The normalized spacial score (nSPS) is 12.3. The van der Waals surface area contributed by atoms with E-state index in [2.05, 4.69) is 19.2 Å². The Morgan fingerprint density at radius 2 is 1.74 bits per heavy atom. The van der Waals surface area contributed by atoms with Crippen molar-refractivity contribution in [2.24, 2.45) is 11.8 Å². The van der Waals surface area contributed by atoms with Crippen molar-refractivity contribution in [2.75, 3.05) is 19.6 Å². The maximum absolute atomic E-state index is 11.7. The number of carboxylic acids is 1. The molecule has 2 N–H and O–H groups in total. The Morgan fingerprint density at radius 3 is 2.16 bits per heavy atom. The Hall–Kier alpha value is -1.26. The second-order valence-electron chi connectivity index (χ2n) is 5.13. The van der Waals surface area contributed by atoms with E-state index in [9.17, 15) is 9.59 Å². The van der Waals surface area contributed by atoms with Crippen molar-refractivity contribution in [3.05, 3.63) is 0 Å². The van der Waals surface area contributed by atoms with Crippen LogP contribution in [-0.2, 0) is 4.79 Å². The Bertz CT molecular complexity index is 276. The molecule has 0 aliphatic rings.